The fraction of sp³-hybridized carbons (Fsp3) is 0.533. The van der Waals surface area contributed by atoms with Gasteiger partial charge in [0.15, 0.2) is 0 Å². The van der Waals surface area contributed by atoms with Crippen LogP contribution in [0.5, 0.6) is 5.75 Å². The summed E-state index contributed by atoms with van der Waals surface area (Å²) in [6, 6.07) is 3.89. The molecule has 1 aliphatic carbocycles. The summed E-state index contributed by atoms with van der Waals surface area (Å²) in [4.78, 5) is 14.8. The van der Waals surface area contributed by atoms with Gasteiger partial charge in [-0.25, -0.2) is 4.79 Å². The van der Waals surface area contributed by atoms with Crippen LogP contribution in [0.15, 0.2) is 17.1 Å². The van der Waals surface area contributed by atoms with Gasteiger partial charge in [0.2, 0.25) is 6.08 Å². The molecule has 0 spiro atoms. The lowest BCUT2D eigenvalue weighted by atomic mass is 9.88. The first-order chi connectivity index (χ1) is 9.16. The van der Waals surface area contributed by atoms with Gasteiger partial charge in [-0.15, -0.1) is 0 Å². The van der Waals surface area contributed by atoms with E-state index in [2.05, 4.69) is 4.99 Å². The SMILES string of the molecule is CCc1c(Cl)cc(C2(N=C=O)CCCC2)cc1OC. The molecular formula is C15H18ClNO2. The van der Waals surface area contributed by atoms with Crippen LogP contribution in [0.1, 0.15) is 43.7 Å². The van der Waals surface area contributed by atoms with Crippen molar-refractivity contribution in [3.63, 3.8) is 0 Å². The molecule has 0 unspecified atom stereocenters. The molecule has 1 saturated carbocycles. The summed E-state index contributed by atoms with van der Waals surface area (Å²) in [5, 5.41) is 0.684. The normalized spacial score (nSPS) is 17.0. The van der Waals surface area contributed by atoms with Crippen LogP contribution in [0.4, 0.5) is 0 Å². The first-order valence-corrected chi connectivity index (χ1v) is 7.00. The van der Waals surface area contributed by atoms with Gasteiger partial charge in [0.1, 0.15) is 5.75 Å². The van der Waals surface area contributed by atoms with Gasteiger partial charge in [-0.05, 0) is 37.0 Å². The van der Waals surface area contributed by atoms with E-state index in [4.69, 9.17) is 16.3 Å². The van der Waals surface area contributed by atoms with Crippen LogP contribution in [-0.2, 0) is 16.8 Å². The van der Waals surface area contributed by atoms with Crippen molar-refractivity contribution in [2.24, 2.45) is 4.99 Å². The Bertz CT molecular complexity index is 515. The van der Waals surface area contributed by atoms with E-state index in [1.165, 1.54) is 0 Å². The maximum Gasteiger partial charge on any atom is 0.235 e. The molecule has 0 radical (unpaired) electrons. The van der Waals surface area contributed by atoms with Gasteiger partial charge in [0.05, 0.1) is 12.6 Å². The Hall–Kier alpha value is -1.31. The zero-order valence-electron chi connectivity index (χ0n) is 11.3. The third kappa shape index (κ3) is 2.54. The molecule has 3 nitrogen and oxygen atoms in total. The molecule has 0 aromatic heterocycles. The van der Waals surface area contributed by atoms with Gasteiger partial charge in [-0.3, -0.25) is 0 Å². The molecule has 0 N–H and O–H groups in total. The first kappa shape index (κ1) is 14.1. The lowest BCUT2D eigenvalue weighted by molar-refractivity contribution is 0.404. The molecule has 0 saturated heterocycles. The van der Waals surface area contributed by atoms with Crippen molar-refractivity contribution >= 4 is 17.7 Å². The quantitative estimate of drug-likeness (QED) is 0.617. The highest BCUT2D eigenvalue weighted by Gasteiger charge is 2.36. The van der Waals surface area contributed by atoms with Crippen molar-refractivity contribution in [3.05, 3.63) is 28.3 Å². The van der Waals surface area contributed by atoms with Crippen molar-refractivity contribution in [1.82, 2.24) is 0 Å². The molecule has 1 aromatic rings. The molecule has 1 fully saturated rings. The monoisotopic (exact) mass is 279 g/mol. The molecule has 1 aromatic carbocycles. The molecular weight excluding hydrogens is 262 g/mol. The Morgan fingerprint density at radius 3 is 2.63 bits per heavy atom. The smallest absolute Gasteiger partial charge is 0.235 e. The zero-order valence-corrected chi connectivity index (χ0v) is 12.1. The van der Waals surface area contributed by atoms with E-state index >= 15 is 0 Å². The number of aliphatic imine (C=N–C) groups is 1. The minimum Gasteiger partial charge on any atom is -0.496 e. The number of nitrogens with zero attached hydrogens (tertiary/aromatic N) is 1. The third-order valence-electron chi connectivity index (χ3n) is 3.96. The molecule has 1 aliphatic rings. The van der Waals surface area contributed by atoms with E-state index in [1.54, 1.807) is 13.2 Å². The van der Waals surface area contributed by atoms with Gasteiger partial charge < -0.3 is 4.74 Å². The third-order valence-corrected chi connectivity index (χ3v) is 4.29. The summed E-state index contributed by atoms with van der Waals surface area (Å²) in [5.41, 5.74) is 1.51. The second-order valence-corrected chi connectivity index (χ2v) is 5.34. The highest BCUT2D eigenvalue weighted by molar-refractivity contribution is 6.31. The van der Waals surface area contributed by atoms with Gasteiger partial charge in [0.25, 0.3) is 0 Å². The minimum absolute atomic E-state index is 0.453. The van der Waals surface area contributed by atoms with Gasteiger partial charge in [-0.2, -0.15) is 4.99 Å². The maximum atomic E-state index is 10.7. The van der Waals surface area contributed by atoms with Crippen molar-refractivity contribution in [3.8, 4) is 5.75 Å². The Morgan fingerprint density at radius 2 is 2.11 bits per heavy atom. The molecule has 2 rings (SSSR count). The standard InChI is InChI=1S/C15H18ClNO2/c1-3-12-13(16)8-11(9-14(12)19-2)15(17-10-18)6-4-5-7-15/h8-9H,3-7H2,1-2H3. The largest absolute Gasteiger partial charge is 0.496 e. The highest BCUT2D eigenvalue weighted by atomic mass is 35.5. The molecule has 0 aliphatic heterocycles. The van der Waals surface area contributed by atoms with Crippen molar-refractivity contribution in [2.75, 3.05) is 7.11 Å². The topological polar surface area (TPSA) is 38.7 Å². The number of isocyanates is 1. The summed E-state index contributed by atoms with van der Waals surface area (Å²) >= 11 is 6.33. The summed E-state index contributed by atoms with van der Waals surface area (Å²) in [6.07, 6.45) is 6.41. The minimum atomic E-state index is -0.453. The summed E-state index contributed by atoms with van der Waals surface area (Å²) in [5.74, 6) is 0.775. The van der Waals surface area contributed by atoms with Crippen LogP contribution in [0, 0.1) is 0 Å². The van der Waals surface area contributed by atoms with Crippen LogP contribution >= 0.6 is 11.6 Å². The van der Waals surface area contributed by atoms with E-state index in [0.717, 1.165) is 49.0 Å². The van der Waals surface area contributed by atoms with E-state index in [-0.39, 0.29) is 0 Å². The first-order valence-electron chi connectivity index (χ1n) is 6.63. The highest BCUT2D eigenvalue weighted by Crippen LogP contribution is 2.44. The van der Waals surface area contributed by atoms with Crippen LogP contribution in [0.2, 0.25) is 5.02 Å². The summed E-state index contributed by atoms with van der Waals surface area (Å²) in [7, 11) is 1.64. The summed E-state index contributed by atoms with van der Waals surface area (Å²) in [6.45, 7) is 2.04. The van der Waals surface area contributed by atoms with E-state index in [9.17, 15) is 4.79 Å². The molecule has 0 heterocycles. The number of carbonyl (C=O) groups excluding carboxylic acids is 1. The Kier molecular flexibility index (Phi) is 4.28. The second-order valence-electron chi connectivity index (χ2n) is 4.93. The Labute approximate surface area is 118 Å². The average Bonchev–Trinajstić information content (AvgIpc) is 2.88. The van der Waals surface area contributed by atoms with Gasteiger partial charge in [-0.1, -0.05) is 31.4 Å². The van der Waals surface area contributed by atoms with Crippen molar-refractivity contribution in [1.29, 1.82) is 0 Å². The number of halogens is 1. The van der Waals surface area contributed by atoms with Crippen LogP contribution in [0.25, 0.3) is 0 Å². The molecule has 19 heavy (non-hydrogen) atoms. The molecule has 102 valence electrons. The number of ether oxygens (including phenoxy) is 1. The molecule has 4 heteroatoms. The molecule has 0 atom stereocenters. The van der Waals surface area contributed by atoms with Crippen LogP contribution in [-0.4, -0.2) is 13.2 Å². The summed E-state index contributed by atoms with van der Waals surface area (Å²) < 4.78 is 5.42. The van der Waals surface area contributed by atoms with Crippen molar-refractivity contribution in [2.45, 2.75) is 44.6 Å². The zero-order chi connectivity index (χ0) is 13.9. The molecule has 0 bridgehead atoms. The fourth-order valence-electron chi connectivity index (χ4n) is 2.92. The van der Waals surface area contributed by atoms with Crippen LogP contribution < -0.4 is 4.74 Å². The van der Waals surface area contributed by atoms with E-state index in [0.29, 0.717) is 5.02 Å². The second kappa shape index (κ2) is 5.77. The lowest BCUT2D eigenvalue weighted by Gasteiger charge is -2.24. The fourth-order valence-corrected chi connectivity index (χ4v) is 3.26. The number of hydrogen-bond acceptors (Lipinski definition) is 3. The van der Waals surface area contributed by atoms with Gasteiger partial charge in [0, 0.05) is 10.6 Å². The predicted octanol–water partition coefficient (Wildman–Crippen LogP) is 4.02. The molecule has 0 amide bonds. The van der Waals surface area contributed by atoms with Crippen molar-refractivity contribution < 1.29 is 9.53 Å². The Morgan fingerprint density at radius 1 is 1.42 bits per heavy atom. The predicted molar refractivity (Wildman–Crippen MR) is 75.6 cm³/mol. The average molecular weight is 280 g/mol. The van der Waals surface area contributed by atoms with E-state index in [1.807, 2.05) is 19.1 Å². The van der Waals surface area contributed by atoms with Gasteiger partial charge >= 0.3 is 0 Å². The number of hydrogen-bond donors (Lipinski definition) is 0. The Balaban J connectivity index is 2.55. The maximum absolute atomic E-state index is 10.7. The van der Waals surface area contributed by atoms with Crippen LogP contribution in [0.3, 0.4) is 0 Å². The number of rotatable bonds is 4. The number of methoxy groups -OCH3 is 1. The number of benzene rings is 1. The van der Waals surface area contributed by atoms with E-state index < -0.39 is 5.54 Å². The lowest BCUT2D eigenvalue weighted by Crippen LogP contribution is -2.19.